The summed E-state index contributed by atoms with van der Waals surface area (Å²) in [5, 5.41) is 1.70. The van der Waals surface area contributed by atoms with Crippen molar-refractivity contribution in [3.05, 3.63) is 86.6 Å². The molecule has 1 fully saturated rings. The monoisotopic (exact) mass is 477 g/mol. The summed E-state index contributed by atoms with van der Waals surface area (Å²) in [4.78, 5) is 21.6. The highest BCUT2D eigenvalue weighted by atomic mass is 35.5. The normalized spacial score (nSPS) is 15.3. The zero-order valence-electron chi connectivity index (χ0n) is 19.5. The number of oxazole rings is 1. The van der Waals surface area contributed by atoms with Crippen molar-refractivity contribution in [1.82, 2.24) is 14.8 Å². The van der Waals surface area contributed by atoms with E-state index in [-0.39, 0.29) is 5.63 Å². The van der Waals surface area contributed by atoms with E-state index in [4.69, 9.17) is 25.4 Å². The number of piperazine rings is 1. The van der Waals surface area contributed by atoms with E-state index in [0.717, 1.165) is 73.7 Å². The molecular weight excluding hydrogens is 450 g/mol. The Morgan fingerprint density at radius 3 is 2.47 bits per heavy atom. The maximum Gasteiger partial charge on any atom is 0.336 e. The fourth-order valence-electron chi connectivity index (χ4n) is 4.50. The minimum absolute atomic E-state index is 0.289. The molecule has 1 aliphatic rings. The zero-order chi connectivity index (χ0) is 23.7. The summed E-state index contributed by atoms with van der Waals surface area (Å²) in [5.41, 5.74) is 4.50. The quantitative estimate of drug-likeness (QED) is 0.351. The van der Waals surface area contributed by atoms with Gasteiger partial charge in [0.2, 0.25) is 5.89 Å². The molecule has 1 saturated heterocycles. The van der Waals surface area contributed by atoms with E-state index < -0.39 is 0 Å². The average Bonchev–Trinajstić information content (AvgIpc) is 3.20. The molecular formula is C27H28ClN3O3. The van der Waals surface area contributed by atoms with Gasteiger partial charge in [0.25, 0.3) is 0 Å². The molecule has 1 aliphatic heterocycles. The summed E-state index contributed by atoms with van der Waals surface area (Å²) < 4.78 is 11.3. The second-order valence-corrected chi connectivity index (χ2v) is 9.30. The first kappa shape index (κ1) is 22.8. The van der Waals surface area contributed by atoms with Gasteiger partial charge in [-0.25, -0.2) is 9.78 Å². The summed E-state index contributed by atoms with van der Waals surface area (Å²) in [7, 11) is 0. The van der Waals surface area contributed by atoms with Crippen LogP contribution < -0.4 is 5.63 Å². The van der Waals surface area contributed by atoms with Crippen molar-refractivity contribution in [3.8, 4) is 11.5 Å². The number of rotatable bonds is 6. The summed E-state index contributed by atoms with van der Waals surface area (Å²) in [5.74, 6) is 1.45. The average molecular weight is 478 g/mol. The number of fused-ring (bicyclic) bond motifs is 1. The Morgan fingerprint density at radius 1 is 0.971 bits per heavy atom. The van der Waals surface area contributed by atoms with Gasteiger partial charge in [-0.3, -0.25) is 9.80 Å². The second-order valence-electron chi connectivity index (χ2n) is 8.86. The Kier molecular flexibility index (Phi) is 6.55. The lowest BCUT2D eigenvalue weighted by Gasteiger charge is -2.34. The summed E-state index contributed by atoms with van der Waals surface area (Å²) >= 11 is 6.12. The molecule has 4 aromatic rings. The van der Waals surface area contributed by atoms with Crippen molar-refractivity contribution in [2.24, 2.45) is 0 Å². The zero-order valence-corrected chi connectivity index (χ0v) is 20.3. The highest BCUT2D eigenvalue weighted by molar-refractivity contribution is 6.30. The Balaban J connectivity index is 1.24. The van der Waals surface area contributed by atoms with Gasteiger partial charge >= 0.3 is 5.63 Å². The van der Waals surface area contributed by atoms with Crippen molar-refractivity contribution >= 4 is 22.6 Å². The predicted octanol–water partition coefficient (Wildman–Crippen LogP) is 5.29. The van der Waals surface area contributed by atoms with Crippen molar-refractivity contribution in [1.29, 1.82) is 0 Å². The first-order valence-corrected chi connectivity index (χ1v) is 12.1. The molecule has 0 spiro atoms. The number of hydrogen-bond donors (Lipinski definition) is 0. The van der Waals surface area contributed by atoms with Crippen LogP contribution in [0, 0.1) is 6.92 Å². The third kappa shape index (κ3) is 4.94. The molecule has 0 bridgehead atoms. The fourth-order valence-corrected chi connectivity index (χ4v) is 4.69. The number of nitrogens with zero attached hydrogens (tertiary/aromatic N) is 3. The van der Waals surface area contributed by atoms with E-state index in [1.54, 1.807) is 6.07 Å². The van der Waals surface area contributed by atoms with Crippen LogP contribution in [0.25, 0.3) is 22.4 Å². The molecule has 176 valence electrons. The van der Waals surface area contributed by atoms with Crippen LogP contribution in [0.3, 0.4) is 0 Å². The number of benzene rings is 2. The van der Waals surface area contributed by atoms with Gasteiger partial charge < -0.3 is 8.83 Å². The molecule has 2 aromatic heterocycles. The standard InChI is InChI=1S/C27H28ClN3O3/c1-3-19-7-8-25-23(13-19)21(15-26(32)34-25)16-30-9-11-31(12-10-30)17-24-18(2)33-27(29-24)20-5-4-6-22(28)14-20/h4-8,13-15H,3,9-12,16-17H2,1-2H3. The molecule has 2 aromatic carbocycles. The minimum Gasteiger partial charge on any atom is -0.441 e. The predicted molar refractivity (Wildman–Crippen MR) is 134 cm³/mol. The Hall–Kier alpha value is -2.93. The van der Waals surface area contributed by atoms with Crippen molar-refractivity contribution in [3.63, 3.8) is 0 Å². The lowest BCUT2D eigenvalue weighted by Crippen LogP contribution is -2.45. The van der Waals surface area contributed by atoms with Gasteiger partial charge in [-0.1, -0.05) is 30.7 Å². The lowest BCUT2D eigenvalue weighted by molar-refractivity contribution is 0.121. The van der Waals surface area contributed by atoms with Gasteiger partial charge in [0.1, 0.15) is 11.3 Å². The second kappa shape index (κ2) is 9.74. The first-order valence-electron chi connectivity index (χ1n) is 11.7. The number of halogens is 1. The van der Waals surface area contributed by atoms with Crippen LogP contribution in [0.2, 0.25) is 5.02 Å². The van der Waals surface area contributed by atoms with Crippen molar-refractivity contribution in [2.75, 3.05) is 26.2 Å². The Morgan fingerprint density at radius 2 is 1.74 bits per heavy atom. The first-order chi connectivity index (χ1) is 16.5. The molecule has 0 unspecified atom stereocenters. The summed E-state index contributed by atoms with van der Waals surface area (Å²) in [6.45, 7) is 9.29. The lowest BCUT2D eigenvalue weighted by atomic mass is 10.0. The van der Waals surface area contributed by atoms with E-state index in [9.17, 15) is 4.79 Å². The van der Waals surface area contributed by atoms with Crippen LogP contribution in [0.4, 0.5) is 0 Å². The van der Waals surface area contributed by atoms with Gasteiger partial charge in [-0.15, -0.1) is 0 Å². The van der Waals surface area contributed by atoms with E-state index >= 15 is 0 Å². The van der Waals surface area contributed by atoms with E-state index in [1.165, 1.54) is 5.56 Å². The van der Waals surface area contributed by atoms with Crippen LogP contribution in [0.1, 0.15) is 29.5 Å². The van der Waals surface area contributed by atoms with E-state index in [1.807, 2.05) is 43.3 Å². The molecule has 0 radical (unpaired) electrons. The Bertz CT molecular complexity index is 1370. The third-order valence-corrected chi connectivity index (χ3v) is 6.73. The molecule has 0 saturated carbocycles. The number of hydrogen-bond acceptors (Lipinski definition) is 6. The largest absolute Gasteiger partial charge is 0.441 e. The van der Waals surface area contributed by atoms with E-state index in [0.29, 0.717) is 16.5 Å². The van der Waals surface area contributed by atoms with Crippen LogP contribution in [0.5, 0.6) is 0 Å². The SMILES string of the molecule is CCc1ccc2oc(=O)cc(CN3CCN(Cc4nc(-c5cccc(Cl)c5)oc4C)CC3)c2c1. The topological polar surface area (TPSA) is 62.7 Å². The molecule has 0 amide bonds. The maximum absolute atomic E-state index is 12.1. The van der Waals surface area contributed by atoms with E-state index in [2.05, 4.69) is 22.8 Å². The van der Waals surface area contributed by atoms with Gasteiger partial charge in [0.15, 0.2) is 0 Å². The highest BCUT2D eigenvalue weighted by Crippen LogP contribution is 2.26. The van der Waals surface area contributed by atoms with Crippen LogP contribution in [-0.4, -0.2) is 41.0 Å². The van der Waals surface area contributed by atoms with Crippen LogP contribution >= 0.6 is 11.6 Å². The van der Waals surface area contributed by atoms with Crippen LogP contribution in [-0.2, 0) is 19.5 Å². The maximum atomic E-state index is 12.1. The van der Waals surface area contributed by atoms with Gasteiger partial charge in [0.05, 0.1) is 5.69 Å². The summed E-state index contributed by atoms with van der Waals surface area (Å²) in [6, 6.07) is 15.3. The third-order valence-electron chi connectivity index (χ3n) is 6.50. The minimum atomic E-state index is -0.289. The summed E-state index contributed by atoms with van der Waals surface area (Å²) in [6.07, 6.45) is 0.952. The molecule has 6 nitrogen and oxygen atoms in total. The number of aryl methyl sites for hydroxylation is 2. The number of aromatic nitrogens is 1. The molecule has 0 aliphatic carbocycles. The van der Waals surface area contributed by atoms with Crippen molar-refractivity contribution in [2.45, 2.75) is 33.4 Å². The van der Waals surface area contributed by atoms with Gasteiger partial charge in [-0.05, 0) is 54.8 Å². The fraction of sp³-hybridized carbons (Fsp3) is 0.333. The van der Waals surface area contributed by atoms with Crippen LogP contribution in [0.15, 0.2) is 62.2 Å². The molecule has 34 heavy (non-hydrogen) atoms. The Labute approximate surface area is 203 Å². The molecule has 5 rings (SSSR count). The molecule has 0 atom stereocenters. The molecule has 7 heteroatoms. The highest BCUT2D eigenvalue weighted by Gasteiger charge is 2.21. The molecule has 3 heterocycles. The molecule has 0 N–H and O–H groups in total. The van der Waals surface area contributed by atoms with Crippen molar-refractivity contribution < 1.29 is 8.83 Å². The smallest absolute Gasteiger partial charge is 0.336 e. The van der Waals surface area contributed by atoms with Gasteiger partial charge in [0, 0.05) is 61.3 Å². The van der Waals surface area contributed by atoms with Gasteiger partial charge in [-0.2, -0.15) is 0 Å².